The molecule has 0 radical (unpaired) electrons. The summed E-state index contributed by atoms with van der Waals surface area (Å²) >= 11 is 0.793. The standard InChI is InChI=1S/C12H16N2O4S2/c15-12(16)10-3-4-11(19-10)20(17,18)13-8-5-7-14-6-1-2-9(8)14/h3-4,8-9,13H,1-2,5-7H2,(H,15,16). The zero-order chi connectivity index (χ0) is 14.3. The summed E-state index contributed by atoms with van der Waals surface area (Å²) in [4.78, 5) is 13.2. The first-order valence-electron chi connectivity index (χ1n) is 6.57. The van der Waals surface area contributed by atoms with E-state index in [-0.39, 0.29) is 15.1 Å². The Morgan fingerprint density at radius 2 is 2.15 bits per heavy atom. The normalized spacial score (nSPS) is 26.8. The van der Waals surface area contributed by atoms with Crippen LogP contribution in [0.3, 0.4) is 0 Å². The molecular formula is C12H16N2O4S2. The maximum Gasteiger partial charge on any atom is 0.345 e. The molecule has 6 nitrogen and oxygen atoms in total. The molecule has 2 aliphatic rings. The number of hydrogen-bond acceptors (Lipinski definition) is 5. The van der Waals surface area contributed by atoms with Gasteiger partial charge in [0.05, 0.1) is 0 Å². The lowest BCUT2D eigenvalue weighted by Gasteiger charge is -2.20. The largest absolute Gasteiger partial charge is 0.477 e. The van der Waals surface area contributed by atoms with Crippen LogP contribution < -0.4 is 4.72 Å². The highest BCUT2D eigenvalue weighted by atomic mass is 32.2. The second-order valence-corrected chi connectivity index (χ2v) is 8.21. The highest BCUT2D eigenvalue weighted by molar-refractivity contribution is 7.91. The maximum absolute atomic E-state index is 12.3. The van der Waals surface area contributed by atoms with Crippen molar-refractivity contribution in [3.8, 4) is 0 Å². The highest BCUT2D eigenvalue weighted by Gasteiger charge is 2.39. The second-order valence-electron chi connectivity index (χ2n) is 5.19. The zero-order valence-corrected chi connectivity index (χ0v) is 12.4. The molecule has 2 aliphatic heterocycles. The Balaban J connectivity index is 1.76. The lowest BCUT2D eigenvalue weighted by Crippen LogP contribution is -2.42. The average Bonchev–Trinajstić information content (AvgIpc) is 3.05. The first kappa shape index (κ1) is 14.0. The summed E-state index contributed by atoms with van der Waals surface area (Å²) in [5, 5.41) is 8.86. The molecule has 0 saturated carbocycles. The summed E-state index contributed by atoms with van der Waals surface area (Å²) in [6.07, 6.45) is 2.96. The van der Waals surface area contributed by atoms with Crippen LogP contribution in [0.2, 0.25) is 0 Å². The zero-order valence-electron chi connectivity index (χ0n) is 10.8. The number of nitrogens with zero attached hydrogens (tertiary/aromatic N) is 1. The molecule has 0 spiro atoms. The summed E-state index contributed by atoms with van der Waals surface area (Å²) < 4.78 is 27.4. The molecule has 2 fully saturated rings. The molecule has 0 bridgehead atoms. The van der Waals surface area contributed by atoms with Crippen molar-refractivity contribution in [3.05, 3.63) is 17.0 Å². The number of sulfonamides is 1. The van der Waals surface area contributed by atoms with Crippen molar-refractivity contribution in [1.29, 1.82) is 0 Å². The van der Waals surface area contributed by atoms with Gasteiger partial charge in [0.25, 0.3) is 0 Å². The molecule has 20 heavy (non-hydrogen) atoms. The Bertz CT molecular complexity index is 625. The number of nitrogens with one attached hydrogen (secondary N) is 1. The fourth-order valence-corrected chi connectivity index (χ4v) is 5.52. The third-order valence-corrected chi connectivity index (χ3v) is 7.02. The molecule has 1 aromatic heterocycles. The lowest BCUT2D eigenvalue weighted by molar-refractivity contribution is 0.0702. The Morgan fingerprint density at radius 1 is 1.35 bits per heavy atom. The minimum Gasteiger partial charge on any atom is -0.477 e. The number of carboxylic acid groups (broad SMARTS) is 1. The Morgan fingerprint density at radius 3 is 2.85 bits per heavy atom. The molecule has 8 heteroatoms. The van der Waals surface area contributed by atoms with E-state index in [1.165, 1.54) is 12.1 Å². The fourth-order valence-electron chi connectivity index (χ4n) is 3.06. The van der Waals surface area contributed by atoms with Gasteiger partial charge in [-0.15, -0.1) is 11.3 Å². The first-order valence-corrected chi connectivity index (χ1v) is 8.87. The number of carbonyl (C=O) groups is 1. The number of rotatable bonds is 4. The van der Waals surface area contributed by atoms with Gasteiger partial charge in [0.15, 0.2) is 0 Å². The molecule has 0 aromatic carbocycles. The van der Waals surface area contributed by atoms with Gasteiger partial charge in [-0.05, 0) is 37.9 Å². The Kier molecular flexibility index (Phi) is 3.57. The molecule has 2 unspecified atom stereocenters. The summed E-state index contributed by atoms with van der Waals surface area (Å²) in [6.45, 7) is 1.98. The Hall–Kier alpha value is -0.960. The number of thiophene rings is 1. The fraction of sp³-hybridized carbons (Fsp3) is 0.583. The van der Waals surface area contributed by atoms with Crippen LogP contribution in [-0.4, -0.2) is 49.6 Å². The van der Waals surface area contributed by atoms with E-state index in [4.69, 9.17) is 5.11 Å². The van der Waals surface area contributed by atoms with E-state index in [9.17, 15) is 13.2 Å². The predicted octanol–water partition coefficient (Wildman–Crippen LogP) is 0.961. The van der Waals surface area contributed by atoms with Gasteiger partial charge in [-0.3, -0.25) is 4.90 Å². The minimum absolute atomic E-state index is 0.0410. The summed E-state index contributed by atoms with van der Waals surface area (Å²) in [7, 11) is -3.62. The quantitative estimate of drug-likeness (QED) is 0.864. The van der Waals surface area contributed by atoms with Gasteiger partial charge < -0.3 is 5.11 Å². The summed E-state index contributed by atoms with van der Waals surface area (Å²) in [5.74, 6) is -1.10. The van der Waals surface area contributed by atoms with Gasteiger partial charge in [-0.25, -0.2) is 17.9 Å². The molecule has 1 aromatic rings. The average molecular weight is 316 g/mol. The molecular weight excluding hydrogens is 300 g/mol. The maximum atomic E-state index is 12.3. The van der Waals surface area contributed by atoms with Crippen molar-refractivity contribution in [1.82, 2.24) is 9.62 Å². The molecule has 110 valence electrons. The smallest absolute Gasteiger partial charge is 0.345 e. The number of fused-ring (bicyclic) bond motifs is 1. The lowest BCUT2D eigenvalue weighted by atomic mass is 10.1. The molecule has 3 heterocycles. The van der Waals surface area contributed by atoms with E-state index in [1.807, 2.05) is 0 Å². The topological polar surface area (TPSA) is 86.7 Å². The van der Waals surface area contributed by atoms with Crippen LogP contribution in [0, 0.1) is 0 Å². The van der Waals surface area contributed by atoms with Crippen LogP contribution >= 0.6 is 11.3 Å². The van der Waals surface area contributed by atoms with Crippen molar-refractivity contribution in [2.75, 3.05) is 13.1 Å². The third-order valence-electron chi connectivity index (χ3n) is 3.97. The third kappa shape index (κ3) is 2.48. The number of carboxylic acids is 1. The van der Waals surface area contributed by atoms with Crippen LogP contribution in [0.5, 0.6) is 0 Å². The van der Waals surface area contributed by atoms with E-state index in [0.29, 0.717) is 6.04 Å². The van der Waals surface area contributed by atoms with Gasteiger partial charge in [-0.2, -0.15) is 0 Å². The van der Waals surface area contributed by atoms with Crippen LogP contribution in [0.1, 0.15) is 28.9 Å². The second kappa shape index (κ2) is 5.10. The van der Waals surface area contributed by atoms with Crippen LogP contribution in [0.4, 0.5) is 0 Å². The van der Waals surface area contributed by atoms with Crippen molar-refractivity contribution in [2.45, 2.75) is 35.6 Å². The molecule has 2 saturated heterocycles. The van der Waals surface area contributed by atoms with E-state index >= 15 is 0 Å². The van der Waals surface area contributed by atoms with Crippen molar-refractivity contribution in [3.63, 3.8) is 0 Å². The number of hydrogen-bond donors (Lipinski definition) is 2. The molecule has 0 amide bonds. The summed E-state index contributed by atoms with van der Waals surface area (Å²) in [5.41, 5.74) is 0. The molecule has 0 aliphatic carbocycles. The summed E-state index contributed by atoms with van der Waals surface area (Å²) in [6, 6.07) is 2.93. The molecule has 2 atom stereocenters. The monoisotopic (exact) mass is 316 g/mol. The van der Waals surface area contributed by atoms with E-state index in [1.54, 1.807) is 0 Å². The van der Waals surface area contributed by atoms with E-state index < -0.39 is 16.0 Å². The molecule has 2 N–H and O–H groups in total. The van der Waals surface area contributed by atoms with Gasteiger partial charge in [0.1, 0.15) is 9.09 Å². The van der Waals surface area contributed by atoms with Gasteiger partial charge in [-0.1, -0.05) is 0 Å². The highest BCUT2D eigenvalue weighted by Crippen LogP contribution is 2.30. The first-order chi connectivity index (χ1) is 9.47. The SMILES string of the molecule is O=C(O)c1ccc(S(=O)(=O)NC2CCN3CCCC23)s1. The van der Waals surface area contributed by atoms with Gasteiger partial charge >= 0.3 is 5.97 Å². The van der Waals surface area contributed by atoms with E-state index in [2.05, 4.69) is 9.62 Å². The van der Waals surface area contributed by atoms with E-state index in [0.717, 1.165) is 43.7 Å². The predicted molar refractivity (Wildman–Crippen MR) is 74.6 cm³/mol. The van der Waals surface area contributed by atoms with Crippen molar-refractivity contribution < 1.29 is 18.3 Å². The molecule has 3 rings (SSSR count). The van der Waals surface area contributed by atoms with Crippen LogP contribution in [0.25, 0.3) is 0 Å². The number of aromatic carboxylic acids is 1. The minimum atomic E-state index is -3.62. The van der Waals surface area contributed by atoms with Crippen LogP contribution in [0.15, 0.2) is 16.3 Å². The van der Waals surface area contributed by atoms with Crippen molar-refractivity contribution >= 4 is 27.3 Å². The van der Waals surface area contributed by atoms with Gasteiger partial charge in [0.2, 0.25) is 10.0 Å². The van der Waals surface area contributed by atoms with Crippen molar-refractivity contribution in [2.24, 2.45) is 0 Å². The Labute approximate surface area is 121 Å². The van der Waals surface area contributed by atoms with Gasteiger partial charge in [0, 0.05) is 18.6 Å². The van der Waals surface area contributed by atoms with Crippen LogP contribution in [-0.2, 0) is 10.0 Å².